The standard InChI is InChI=1S/C17H14OS.C9H10O4S/c1-12-11-16(19-13-7-3-2-4-8-13)17(18)15-10-6-5-9-14(12)15;1-13-9(10)7-3-5-8(6-4-7)14(2,11)12/h2-11,18H,1H3;3-6H,1-2H3. The third kappa shape index (κ3) is 6.15. The molecular formula is C26H24O5S2. The van der Waals surface area contributed by atoms with Gasteiger partial charge in [0.05, 0.1) is 22.5 Å². The number of fused-ring (bicyclic) bond motifs is 1. The van der Waals surface area contributed by atoms with Crippen LogP contribution in [0.25, 0.3) is 10.8 Å². The molecule has 170 valence electrons. The summed E-state index contributed by atoms with van der Waals surface area (Å²) >= 11 is 1.59. The number of aromatic hydroxyl groups is 1. The predicted octanol–water partition coefficient (Wildman–Crippen LogP) is 5.88. The van der Waals surface area contributed by atoms with Crippen molar-refractivity contribution in [1.29, 1.82) is 0 Å². The van der Waals surface area contributed by atoms with Crippen LogP contribution in [0.2, 0.25) is 0 Å². The first kappa shape index (κ1) is 24.4. The third-order valence-corrected chi connectivity index (χ3v) is 7.03. The summed E-state index contributed by atoms with van der Waals surface area (Å²) in [6.07, 6.45) is 1.11. The summed E-state index contributed by atoms with van der Waals surface area (Å²) in [7, 11) is -1.93. The zero-order chi connectivity index (χ0) is 24.0. The molecular weight excluding hydrogens is 456 g/mol. The molecule has 1 N–H and O–H groups in total. The monoisotopic (exact) mass is 480 g/mol. The first-order valence-corrected chi connectivity index (χ1v) is 12.7. The minimum atomic E-state index is -3.20. The number of methoxy groups -OCH3 is 1. The van der Waals surface area contributed by atoms with Gasteiger partial charge in [0.15, 0.2) is 9.84 Å². The van der Waals surface area contributed by atoms with Crippen LogP contribution in [0.4, 0.5) is 0 Å². The minimum absolute atomic E-state index is 0.185. The average molecular weight is 481 g/mol. The molecule has 0 aliphatic carbocycles. The lowest BCUT2D eigenvalue weighted by molar-refractivity contribution is 0.0600. The molecule has 0 aliphatic rings. The highest BCUT2D eigenvalue weighted by molar-refractivity contribution is 7.99. The van der Waals surface area contributed by atoms with Gasteiger partial charge >= 0.3 is 5.97 Å². The van der Waals surface area contributed by atoms with E-state index in [4.69, 9.17) is 0 Å². The lowest BCUT2D eigenvalue weighted by Crippen LogP contribution is -2.02. The van der Waals surface area contributed by atoms with Crippen LogP contribution >= 0.6 is 11.8 Å². The number of aryl methyl sites for hydroxylation is 1. The molecule has 0 saturated carbocycles. The van der Waals surface area contributed by atoms with E-state index in [1.807, 2.05) is 42.5 Å². The van der Waals surface area contributed by atoms with Gasteiger partial charge in [-0.05, 0) is 60.3 Å². The van der Waals surface area contributed by atoms with Crippen LogP contribution in [0.15, 0.2) is 99.6 Å². The van der Waals surface area contributed by atoms with Gasteiger partial charge in [0, 0.05) is 16.5 Å². The summed E-state index contributed by atoms with van der Waals surface area (Å²) in [6.45, 7) is 2.08. The molecule has 0 bridgehead atoms. The molecule has 4 aromatic carbocycles. The molecule has 7 heteroatoms. The van der Waals surface area contributed by atoms with E-state index in [2.05, 4.69) is 29.9 Å². The number of rotatable bonds is 4. The second kappa shape index (κ2) is 10.6. The topological polar surface area (TPSA) is 80.7 Å². The lowest BCUT2D eigenvalue weighted by atomic mass is 10.0. The van der Waals surface area contributed by atoms with Crippen molar-refractivity contribution in [2.45, 2.75) is 21.6 Å². The summed E-state index contributed by atoms with van der Waals surface area (Å²) in [5, 5.41) is 12.4. The number of esters is 1. The second-order valence-electron chi connectivity index (χ2n) is 7.29. The van der Waals surface area contributed by atoms with Crippen molar-refractivity contribution in [3.8, 4) is 5.75 Å². The highest BCUT2D eigenvalue weighted by Gasteiger charge is 2.10. The Morgan fingerprint density at radius 3 is 2.03 bits per heavy atom. The Kier molecular flexibility index (Phi) is 7.79. The van der Waals surface area contributed by atoms with Gasteiger partial charge in [0.25, 0.3) is 0 Å². The molecule has 0 atom stereocenters. The summed E-state index contributed by atoms with van der Waals surface area (Å²) < 4.78 is 26.6. The molecule has 4 aromatic rings. The Hall–Kier alpha value is -3.29. The van der Waals surface area contributed by atoms with E-state index in [0.29, 0.717) is 11.3 Å². The Morgan fingerprint density at radius 2 is 1.45 bits per heavy atom. The quantitative estimate of drug-likeness (QED) is 0.367. The van der Waals surface area contributed by atoms with Gasteiger partial charge in [-0.1, -0.05) is 54.2 Å². The molecule has 0 unspecified atom stereocenters. The van der Waals surface area contributed by atoms with Crippen LogP contribution in [-0.2, 0) is 14.6 Å². The molecule has 0 saturated heterocycles. The van der Waals surface area contributed by atoms with Crippen LogP contribution in [0.3, 0.4) is 0 Å². The predicted molar refractivity (Wildman–Crippen MR) is 132 cm³/mol. The fourth-order valence-corrected chi connectivity index (χ4v) is 4.78. The van der Waals surface area contributed by atoms with Crippen molar-refractivity contribution in [2.75, 3.05) is 13.4 Å². The molecule has 4 rings (SSSR count). The van der Waals surface area contributed by atoms with Crippen molar-refractivity contribution < 1.29 is 23.1 Å². The molecule has 0 heterocycles. The number of phenols is 1. The van der Waals surface area contributed by atoms with E-state index in [1.165, 1.54) is 36.9 Å². The van der Waals surface area contributed by atoms with Gasteiger partial charge in [-0.25, -0.2) is 13.2 Å². The van der Waals surface area contributed by atoms with Gasteiger partial charge in [-0.15, -0.1) is 0 Å². The Morgan fingerprint density at radius 1 is 0.879 bits per heavy atom. The maximum atomic E-state index is 11.1. The third-order valence-electron chi connectivity index (χ3n) is 4.86. The van der Waals surface area contributed by atoms with E-state index in [-0.39, 0.29) is 4.90 Å². The van der Waals surface area contributed by atoms with E-state index in [0.717, 1.165) is 26.8 Å². The molecule has 0 aromatic heterocycles. The second-order valence-corrected chi connectivity index (χ2v) is 10.4. The van der Waals surface area contributed by atoms with Crippen LogP contribution in [0.1, 0.15) is 15.9 Å². The Balaban J connectivity index is 0.000000196. The van der Waals surface area contributed by atoms with E-state index in [1.54, 1.807) is 11.8 Å². The van der Waals surface area contributed by atoms with Crippen molar-refractivity contribution in [3.63, 3.8) is 0 Å². The SMILES string of the molecule is COC(=O)c1ccc(S(C)(=O)=O)cc1.Cc1cc(Sc2ccccc2)c(O)c2ccccc12. The van der Waals surface area contributed by atoms with Crippen LogP contribution < -0.4 is 0 Å². The number of sulfone groups is 1. The van der Waals surface area contributed by atoms with Crippen LogP contribution in [0.5, 0.6) is 5.75 Å². The summed E-state index contributed by atoms with van der Waals surface area (Å²) in [6, 6.07) is 25.7. The van der Waals surface area contributed by atoms with Crippen molar-refractivity contribution >= 4 is 38.3 Å². The fourth-order valence-electron chi connectivity index (χ4n) is 3.16. The number of benzene rings is 4. The first-order valence-electron chi connectivity index (χ1n) is 10.0. The molecule has 33 heavy (non-hydrogen) atoms. The van der Waals surface area contributed by atoms with Gasteiger partial charge in [-0.2, -0.15) is 0 Å². The largest absolute Gasteiger partial charge is 0.506 e. The first-order chi connectivity index (χ1) is 15.7. The average Bonchev–Trinajstić information content (AvgIpc) is 2.82. The number of hydrogen-bond donors (Lipinski definition) is 1. The van der Waals surface area contributed by atoms with Crippen molar-refractivity contribution in [1.82, 2.24) is 0 Å². The highest BCUT2D eigenvalue weighted by Crippen LogP contribution is 2.40. The zero-order valence-electron chi connectivity index (χ0n) is 18.5. The number of carbonyl (C=O) groups excluding carboxylic acids is 1. The minimum Gasteiger partial charge on any atom is -0.506 e. The normalized spacial score (nSPS) is 10.9. The molecule has 0 spiro atoms. The number of phenolic OH excluding ortho intramolecular Hbond substituents is 1. The molecule has 0 aliphatic heterocycles. The van der Waals surface area contributed by atoms with Gasteiger partial charge in [0.1, 0.15) is 5.75 Å². The van der Waals surface area contributed by atoms with Gasteiger partial charge in [0.2, 0.25) is 0 Å². The Bertz CT molecular complexity index is 1360. The van der Waals surface area contributed by atoms with Crippen molar-refractivity contribution in [2.24, 2.45) is 0 Å². The zero-order valence-corrected chi connectivity index (χ0v) is 20.1. The van der Waals surface area contributed by atoms with Crippen molar-refractivity contribution in [3.05, 3.63) is 96.1 Å². The summed E-state index contributed by atoms with van der Waals surface area (Å²) in [5.41, 5.74) is 1.52. The summed E-state index contributed by atoms with van der Waals surface area (Å²) in [4.78, 5) is 13.2. The van der Waals surface area contributed by atoms with E-state index in [9.17, 15) is 18.3 Å². The smallest absolute Gasteiger partial charge is 0.337 e. The fraction of sp³-hybridized carbons (Fsp3) is 0.115. The molecule has 0 amide bonds. The molecule has 0 fully saturated rings. The van der Waals surface area contributed by atoms with E-state index < -0.39 is 15.8 Å². The maximum absolute atomic E-state index is 11.1. The maximum Gasteiger partial charge on any atom is 0.337 e. The number of ether oxygens (including phenoxy) is 1. The van der Waals surface area contributed by atoms with Gasteiger partial charge in [-0.3, -0.25) is 0 Å². The summed E-state index contributed by atoms with van der Waals surface area (Å²) in [5.74, 6) is -0.111. The number of carbonyl (C=O) groups is 1. The number of hydrogen-bond acceptors (Lipinski definition) is 6. The van der Waals surface area contributed by atoms with Crippen LogP contribution in [-0.4, -0.2) is 32.9 Å². The van der Waals surface area contributed by atoms with Crippen LogP contribution in [0, 0.1) is 6.92 Å². The lowest BCUT2D eigenvalue weighted by Gasteiger charge is -2.10. The highest BCUT2D eigenvalue weighted by atomic mass is 32.2. The molecule has 0 radical (unpaired) electrons. The molecule has 5 nitrogen and oxygen atoms in total. The Labute approximate surface area is 198 Å². The van der Waals surface area contributed by atoms with Gasteiger partial charge < -0.3 is 9.84 Å². The van der Waals surface area contributed by atoms with E-state index >= 15 is 0 Å².